The summed E-state index contributed by atoms with van der Waals surface area (Å²) < 4.78 is 52.8. The zero-order chi connectivity index (χ0) is 37.4. The largest absolute Gasteiger partial charge is 0.414 e. The van der Waals surface area contributed by atoms with Crippen molar-refractivity contribution in [1.29, 1.82) is 0 Å². The first-order chi connectivity index (χ1) is 24.0. The molecular formula is C38H77N3O8Si. The van der Waals surface area contributed by atoms with Crippen molar-refractivity contribution in [3.8, 4) is 0 Å². The van der Waals surface area contributed by atoms with Gasteiger partial charge in [0.05, 0.1) is 31.5 Å². The number of unbranched alkanes of at least 4 members (excludes halogenated alkanes) is 5. The maximum Gasteiger partial charge on any atom is 0.192 e. The topological polar surface area (TPSA) is 123 Å². The molecule has 0 spiro atoms. The molecule has 2 unspecified atom stereocenters. The van der Waals surface area contributed by atoms with Crippen molar-refractivity contribution >= 4 is 8.32 Å². The molecule has 0 bridgehead atoms. The number of nitrogens with zero attached hydrogens (tertiary/aromatic N) is 3. The van der Waals surface area contributed by atoms with Gasteiger partial charge in [0.15, 0.2) is 14.6 Å². The summed E-state index contributed by atoms with van der Waals surface area (Å²) >= 11 is 0. The minimum Gasteiger partial charge on any atom is -0.414 e. The van der Waals surface area contributed by atoms with Crippen LogP contribution in [0.2, 0.25) is 18.1 Å². The van der Waals surface area contributed by atoms with Gasteiger partial charge in [0.2, 0.25) is 0 Å². The fraction of sp³-hybridized carbons (Fsp3) is 1.00. The minimum absolute atomic E-state index is 0.0310. The van der Waals surface area contributed by atoms with Crippen LogP contribution < -0.4 is 0 Å². The van der Waals surface area contributed by atoms with Gasteiger partial charge in [0, 0.05) is 37.9 Å². The summed E-state index contributed by atoms with van der Waals surface area (Å²) in [5.41, 5.74) is 9.71. The van der Waals surface area contributed by atoms with E-state index in [0.29, 0.717) is 39.6 Å². The molecule has 1 aliphatic rings. The Balaban J connectivity index is 3.55. The van der Waals surface area contributed by atoms with Gasteiger partial charge in [0.1, 0.15) is 24.4 Å². The second kappa shape index (κ2) is 26.9. The molecular weight excluding hydrogens is 655 g/mol. The highest BCUT2D eigenvalue weighted by molar-refractivity contribution is 6.74. The molecule has 12 heteroatoms. The summed E-state index contributed by atoms with van der Waals surface area (Å²) in [4.78, 5) is 3.23. The molecule has 0 aromatic heterocycles. The SMILES string of the molecule is CCCCOC1[C@H](OC[C@H](N=[N+]=[N-])[C@H](OCCCC)[C@@H](CC)OCCCC)OC(CO[Si](C)(C)C(C)(C)C)[C@H](OCCCC)[C@@H]1OCCCC. The van der Waals surface area contributed by atoms with Crippen molar-refractivity contribution in [1.82, 2.24) is 0 Å². The summed E-state index contributed by atoms with van der Waals surface area (Å²) in [7, 11) is -2.12. The number of hydrogen-bond donors (Lipinski definition) is 0. The minimum atomic E-state index is -2.12. The van der Waals surface area contributed by atoms with Crippen LogP contribution in [0.1, 0.15) is 133 Å². The molecule has 1 fully saturated rings. The monoisotopic (exact) mass is 732 g/mol. The first-order valence-corrected chi connectivity index (χ1v) is 22.9. The molecule has 296 valence electrons. The van der Waals surface area contributed by atoms with Crippen LogP contribution in [0.4, 0.5) is 0 Å². The Kier molecular flexibility index (Phi) is 25.4. The lowest BCUT2D eigenvalue weighted by molar-refractivity contribution is -0.323. The summed E-state index contributed by atoms with van der Waals surface area (Å²) in [5.74, 6) is 0. The van der Waals surface area contributed by atoms with Gasteiger partial charge in [-0.05, 0) is 62.2 Å². The van der Waals surface area contributed by atoms with E-state index in [1.165, 1.54) is 0 Å². The standard InChI is InChI=1S/C38H77N3O8Si/c1-12-18-23-42-31(17-6)33(43-24-19-13-2)30(40-41-39)28-47-37-36(46-27-22-16-5)35(45-26-21-15-4)34(44-25-20-14-3)32(49-37)29-48-50(10,11)38(7,8)9/h30-37H,12-29H2,1-11H3/t30-,31+,32?,33-,34-,35-,36?,37+/m0/s1. The fourth-order valence-electron chi connectivity index (χ4n) is 5.42. The summed E-state index contributed by atoms with van der Waals surface area (Å²) in [6.45, 7) is 27.3. The van der Waals surface area contributed by atoms with E-state index in [4.69, 9.17) is 37.6 Å². The van der Waals surface area contributed by atoms with Crippen LogP contribution in [0.25, 0.3) is 10.4 Å². The Morgan fingerprint density at radius 1 is 0.700 bits per heavy atom. The van der Waals surface area contributed by atoms with Crippen LogP contribution in [0.5, 0.6) is 0 Å². The third kappa shape index (κ3) is 16.9. The third-order valence-corrected chi connectivity index (χ3v) is 14.3. The van der Waals surface area contributed by atoms with Crippen LogP contribution in [0.3, 0.4) is 0 Å². The number of azide groups is 1. The summed E-state index contributed by atoms with van der Waals surface area (Å²) in [6.07, 6.45) is 7.02. The van der Waals surface area contributed by atoms with Crippen LogP contribution >= 0.6 is 0 Å². The van der Waals surface area contributed by atoms with E-state index in [1.54, 1.807) is 0 Å². The first-order valence-electron chi connectivity index (χ1n) is 20.0. The molecule has 8 atom stereocenters. The molecule has 0 aromatic rings. The zero-order valence-corrected chi connectivity index (χ0v) is 35.0. The molecule has 0 aliphatic carbocycles. The molecule has 0 saturated carbocycles. The highest BCUT2D eigenvalue weighted by atomic mass is 28.4. The van der Waals surface area contributed by atoms with Gasteiger partial charge in [-0.3, -0.25) is 0 Å². The van der Waals surface area contributed by atoms with E-state index in [-0.39, 0.29) is 17.7 Å². The lowest BCUT2D eigenvalue weighted by Crippen LogP contribution is -2.63. The highest BCUT2D eigenvalue weighted by Gasteiger charge is 2.50. The summed E-state index contributed by atoms with van der Waals surface area (Å²) in [5, 5.41) is 4.25. The molecule has 1 heterocycles. The molecule has 1 rings (SSSR count). The second-order valence-electron chi connectivity index (χ2n) is 15.1. The Morgan fingerprint density at radius 3 is 1.70 bits per heavy atom. The quantitative estimate of drug-likeness (QED) is 0.0235. The zero-order valence-electron chi connectivity index (χ0n) is 34.0. The van der Waals surface area contributed by atoms with Crippen LogP contribution in [-0.4, -0.2) is 104 Å². The van der Waals surface area contributed by atoms with Crippen LogP contribution in [0, 0.1) is 0 Å². The third-order valence-electron chi connectivity index (χ3n) is 9.85. The lowest BCUT2D eigenvalue weighted by atomic mass is 9.98. The Hall–Kier alpha value is -0.793. The van der Waals surface area contributed by atoms with Crippen molar-refractivity contribution in [3.05, 3.63) is 10.4 Å². The van der Waals surface area contributed by atoms with Crippen molar-refractivity contribution in [2.45, 2.75) is 200 Å². The van der Waals surface area contributed by atoms with Gasteiger partial charge < -0.3 is 37.6 Å². The van der Waals surface area contributed by atoms with Crippen molar-refractivity contribution in [3.63, 3.8) is 0 Å². The van der Waals surface area contributed by atoms with Gasteiger partial charge in [-0.15, -0.1) is 0 Å². The molecule has 11 nitrogen and oxygen atoms in total. The number of ether oxygens (including phenoxy) is 7. The number of hydrogen-bond acceptors (Lipinski definition) is 9. The highest BCUT2D eigenvalue weighted by Crippen LogP contribution is 2.38. The Morgan fingerprint density at radius 2 is 1.20 bits per heavy atom. The first kappa shape index (κ1) is 47.2. The van der Waals surface area contributed by atoms with Crippen molar-refractivity contribution in [2.24, 2.45) is 5.11 Å². The lowest BCUT2D eigenvalue weighted by Gasteiger charge is -2.47. The molecule has 0 N–H and O–H groups in total. The van der Waals surface area contributed by atoms with Gasteiger partial charge >= 0.3 is 0 Å². The van der Waals surface area contributed by atoms with Gasteiger partial charge in [-0.2, -0.15) is 0 Å². The molecule has 0 aromatic carbocycles. The summed E-state index contributed by atoms with van der Waals surface area (Å²) in [6, 6.07) is -0.636. The van der Waals surface area contributed by atoms with Crippen molar-refractivity contribution < 1.29 is 37.6 Å². The molecule has 50 heavy (non-hydrogen) atoms. The van der Waals surface area contributed by atoms with E-state index < -0.39 is 51.2 Å². The normalized spacial score (nSPS) is 23.4. The predicted molar refractivity (Wildman–Crippen MR) is 204 cm³/mol. The molecule has 0 amide bonds. The average molecular weight is 732 g/mol. The smallest absolute Gasteiger partial charge is 0.192 e. The van der Waals surface area contributed by atoms with E-state index >= 15 is 0 Å². The maximum absolute atomic E-state index is 9.71. The fourth-order valence-corrected chi connectivity index (χ4v) is 6.43. The second-order valence-corrected chi connectivity index (χ2v) is 20.0. The van der Waals surface area contributed by atoms with Crippen LogP contribution in [-0.2, 0) is 37.6 Å². The van der Waals surface area contributed by atoms with E-state index in [2.05, 4.69) is 85.4 Å². The number of rotatable bonds is 30. The predicted octanol–water partition coefficient (Wildman–Crippen LogP) is 9.77. The Labute approximate surface area is 307 Å². The molecule has 1 saturated heterocycles. The van der Waals surface area contributed by atoms with Crippen molar-refractivity contribution in [2.75, 3.05) is 46.2 Å². The average Bonchev–Trinajstić information content (AvgIpc) is 3.08. The van der Waals surface area contributed by atoms with E-state index in [0.717, 1.165) is 70.6 Å². The van der Waals surface area contributed by atoms with Gasteiger partial charge in [-0.1, -0.05) is 99.5 Å². The molecule has 0 radical (unpaired) electrons. The van der Waals surface area contributed by atoms with Gasteiger partial charge in [0.25, 0.3) is 0 Å². The van der Waals surface area contributed by atoms with E-state index in [1.807, 2.05) is 0 Å². The van der Waals surface area contributed by atoms with Crippen LogP contribution in [0.15, 0.2) is 5.11 Å². The van der Waals surface area contributed by atoms with Gasteiger partial charge in [-0.25, -0.2) is 0 Å². The van der Waals surface area contributed by atoms with E-state index in [9.17, 15) is 5.53 Å². The Bertz CT molecular complexity index is 889. The maximum atomic E-state index is 9.71. The molecule has 1 aliphatic heterocycles.